The fraction of sp³-hybridized carbons (Fsp3) is 0.333. The second kappa shape index (κ2) is 6.16. The maximum absolute atomic E-state index is 12.1. The smallest absolute Gasteiger partial charge is 0.269 e. The Morgan fingerprint density at radius 2 is 2.16 bits per heavy atom. The van der Waals surface area contributed by atoms with E-state index in [2.05, 4.69) is 26.9 Å². The van der Waals surface area contributed by atoms with Crippen LogP contribution < -0.4 is 10.5 Å². The average molecular weight is 336 g/mol. The molecule has 128 valence electrons. The molecule has 3 aromatic heterocycles. The van der Waals surface area contributed by atoms with Gasteiger partial charge >= 0.3 is 0 Å². The molecule has 4 rings (SSSR count). The number of H-pyrrole nitrogens is 1. The number of rotatable bonds is 3. The van der Waals surface area contributed by atoms with E-state index in [9.17, 15) is 4.79 Å². The van der Waals surface area contributed by atoms with Gasteiger partial charge in [-0.3, -0.25) is 19.6 Å². The second-order valence-electron chi connectivity index (χ2n) is 6.21. The molecule has 0 saturated carbocycles. The van der Waals surface area contributed by atoms with Crippen molar-refractivity contribution in [1.29, 1.82) is 0 Å². The second-order valence-corrected chi connectivity index (χ2v) is 6.21. The minimum absolute atomic E-state index is 0.0701. The van der Waals surface area contributed by atoms with Crippen molar-refractivity contribution >= 4 is 5.82 Å². The molecule has 0 fully saturated rings. The summed E-state index contributed by atoms with van der Waals surface area (Å²) in [6, 6.07) is 7.76. The summed E-state index contributed by atoms with van der Waals surface area (Å²) in [7, 11) is 1.75. The number of hydrogen-bond acceptors (Lipinski definition) is 5. The summed E-state index contributed by atoms with van der Waals surface area (Å²) >= 11 is 0. The summed E-state index contributed by atoms with van der Waals surface area (Å²) in [5, 5.41) is 3.15. The molecule has 0 bridgehead atoms. The van der Waals surface area contributed by atoms with Crippen LogP contribution in [0.25, 0.3) is 11.5 Å². The predicted octanol–water partition coefficient (Wildman–Crippen LogP) is 1.69. The molecule has 3 aromatic rings. The number of pyridine rings is 1. The van der Waals surface area contributed by atoms with Gasteiger partial charge in [-0.25, -0.2) is 9.97 Å². The maximum atomic E-state index is 12.1. The van der Waals surface area contributed by atoms with Crippen molar-refractivity contribution in [1.82, 2.24) is 24.7 Å². The lowest BCUT2D eigenvalue weighted by Gasteiger charge is -2.27. The van der Waals surface area contributed by atoms with Gasteiger partial charge in [-0.15, -0.1) is 0 Å². The Bertz CT molecular complexity index is 959. The van der Waals surface area contributed by atoms with E-state index in [1.54, 1.807) is 17.9 Å². The Hall–Kier alpha value is -2.96. The minimum Gasteiger partial charge on any atom is -0.350 e. The van der Waals surface area contributed by atoms with E-state index in [0.717, 1.165) is 47.8 Å². The number of aromatic amines is 1. The molecule has 0 amide bonds. The van der Waals surface area contributed by atoms with E-state index in [4.69, 9.17) is 4.98 Å². The molecule has 1 aliphatic heterocycles. The average Bonchev–Trinajstić information content (AvgIpc) is 2.95. The summed E-state index contributed by atoms with van der Waals surface area (Å²) in [6.07, 6.45) is 3.30. The number of fused-ring (bicyclic) bond motifs is 1. The zero-order valence-electron chi connectivity index (χ0n) is 14.4. The number of aryl methyl sites for hydroxylation is 2. The first-order valence-corrected chi connectivity index (χ1v) is 8.46. The summed E-state index contributed by atoms with van der Waals surface area (Å²) in [4.78, 5) is 28.0. The molecule has 0 atom stereocenters. The standard InChI is InChI=1S/C18H20N6O/c1-3-12-10-16(21-17(20-12)14-6-4-5-8-19-14)24-9-7-13-15(11-24)22-23(2)18(13)25/h4-6,8,10,22H,3,7,9,11H2,1-2H3. The molecule has 1 N–H and O–H groups in total. The van der Waals surface area contributed by atoms with Gasteiger partial charge < -0.3 is 4.90 Å². The summed E-state index contributed by atoms with van der Waals surface area (Å²) in [5.41, 5.74) is 3.67. The number of nitrogens with zero attached hydrogens (tertiary/aromatic N) is 5. The Balaban J connectivity index is 1.72. The van der Waals surface area contributed by atoms with Crippen molar-refractivity contribution in [3.8, 4) is 11.5 Å². The fourth-order valence-corrected chi connectivity index (χ4v) is 3.19. The molecular formula is C18H20N6O. The first kappa shape index (κ1) is 15.6. The lowest BCUT2D eigenvalue weighted by atomic mass is 10.1. The van der Waals surface area contributed by atoms with E-state index in [-0.39, 0.29) is 5.56 Å². The van der Waals surface area contributed by atoms with Crippen LogP contribution >= 0.6 is 0 Å². The van der Waals surface area contributed by atoms with Gasteiger partial charge in [0.05, 0.1) is 12.2 Å². The third kappa shape index (κ3) is 2.82. The molecule has 0 spiro atoms. The van der Waals surface area contributed by atoms with Gasteiger partial charge in [0.15, 0.2) is 5.82 Å². The lowest BCUT2D eigenvalue weighted by molar-refractivity contribution is 0.685. The third-order valence-electron chi connectivity index (χ3n) is 4.56. The van der Waals surface area contributed by atoms with Crippen molar-refractivity contribution in [2.24, 2.45) is 7.05 Å². The first-order chi connectivity index (χ1) is 12.2. The highest BCUT2D eigenvalue weighted by atomic mass is 16.1. The fourth-order valence-electron chi connectivity index (χ4n) is 3.19. The predicted molar refractivity (Wildman–Crippen MR) is 95.4 cm³/mol. The number of aromatic nitrogens is 5. The van der Waals surface area contributed by atoms with Gasteiger partial charge in [-0.2, -0.15) is 0 Å². The van der Waals surface area contributed by atoms with Crippen molar-refractivity contribution < 1.29 is 0 Å². The SMILES string of the molecule is CCc1cc(N2CCc3c([nH]n(C)c3=O)C2)nc(-c2ccccn2)n1. The molecular weight excluding hydrogens is 316 g/mol. The highest BCUT2D eigenvalue weighted by Crippen LogP contribution is 2.23. The quantitative estimate of drug-likeness (QED) is 0.787. The molecule has 0 radical (unpaired) electrons. The molecule has 0 unspecified atom stereocenters. The zero-order chi connectivity index (χ0) is 17.4. The van der Waals surface area contributed by atoms with Crippen LogP contribution in [0, 0.1) is 0 Å². The van der Waals surface area contributed by atoms with Crippen molar-refractivity contribution in [2.45, 2.75) is 26.3 Å². The molecule has 4 heterocycles. The molecule has 25 heavy (non-hydrogen) atoms. The van der Waals surface area contributed by atoms with E-state index < -0.39 is 0 Å². The molecule has 7 nitrogen and oxygen atoms in total. The Kier molecular flexibility index (Phi) is 3.83. The van der Waals surface area contributed by atoms with Gasteiger partial charge in [0.25, 0.3) is 5.56 Å². The molecule has 1 aliphatic rings. The minimum atomic E-state index is 0.0701. The van der Waals surface area contributed by atoms with Crippen LogP contribution in [0.15, 0.2) is 35.3 Å². The molecule has 0 saturated heterocycles. The van der Waals surface area contributed by atoms with Gasteiger partial charge in [0.2, 0.25) is 0 Å². The zero-order valence-corrected chi connectivity index (χ0v) is 14.4. The van der Waals surface area contributed by atoms with Crippen LogP contribution in [0.2, 0.25) is 0 Å². The Labute approximate surface area is 145 Å². The van der Waals surface area contributed by atoms with E-state index >= 15 is 0 Å². The highest BCUT2D eigenvalue weighted by Gasteiger charge is 2.23. The third-order valence-corrected chi connectivity index (χ3v) is 4.56. The largest absolute Gasteiger partial charge is 0.350 e. The Morgan fingerprint density at radius 3 is 2.92 bits per heavy atom. The molecule has 0 aliphatic carbocycles. The van der Waals surface area contributed by atoms with Crippen LogP contribution in [-0.4, -0.2) is 31.3 Å². The molecule has 0 aromatic carbocycles. The van der Waals surface area contributed by atoms with Crippen LogP contribution in [0.4, 0.5) is 5.82 Å². The van der Waals surface area contributed by atoms with E-state index in [1.807, 2.05) is 24.3 Å². The number of hydrogen-bond donors (Lipinski definition) is 1. The normalized spacial score (nSPS) is 13.8. The van der Waals surface area contributed by atoms with Crippen molar-refractivity contribution in [3.05, 3.63) is 57.8 Å². The maximum Gasteiger partial charge on any atom is 0.269 e. The van der Waals surface area contributed by atoms with Gasteiger partial charge in [0.1, 0.15) is 11.5 Å². The first-order valence-electron chi connectivity index (χ1n) is 8.46. The van der Waals surface area contributed by atoms with Gasteiger partial charge in [-0.1, -0.05) is 13.0 Å². The Morgan fingerprint density at radius 1 is 1.28 bits per heavy atom. The van der Waals surface area contributed by atoms with E-state index in [0.29, 0.717) is 12.4 Å². The number of nitrogens with one attached hydrogen (secondary N) is 1. The van der Waals surface area contributed by atoms with Gasteiger partial charge in [0, 0.05) is 37.1 Å². The lowest BCUT2D eigenvalue weighted by Crippen LogP contribution is -2.33. The summed E-state index contributed by atoms with van der Waals surface area (Å²) in [6.45, 7) is 3.49. The summed E-state index contributed by atoms with van der Waals surface area (Å²) in [5.74, 6) is 1.52. The van der Waals surface area contributed by atoms with Crippen LogP contribution in [0.5, 0.6) is 0 Å². The summed E-state index contributed by atoms with van der Waals surface area (Å²) < 4.78 is 1.55. The van der Waals surface area contributed by atoms with Crippen LogP contribution in [-0.2, 0) is 26.4 Å². The number of anilines is 1. The monoisotopic (exact) mass is 336 g/mol. The topological polar surface area (TPSA) is 79.7 Å². The van der Waals surface area contributed by atoms with Gasteiger partial charge in [-0.05, 0) is 25.0 Å². The molecule has 7 heteroatoms. The van der Waals surface area contributed by atoms with Crippen LogP contribution in [0.3, 0.4) is 0 Å². The van der Waals surface area contributed by atoms with E-state index in [1.165, 1.54) is 0 Å². The van der Waals surface area contributed by atoms with Crippen LogP contribution in [0.1, 0.15) is 23.9 Å². The highest BCUT2D eigenvalue weighted by molar-refractivity contribution is 5.54. The van der Waals surface area contributed by atoms with Crippen molar-refractivity contribution in [3.63, 3.8) is 0 Å². The van der Waals surface area contributed by atoms with Crippen molar-refractivity contribution in [2.75, 3.05) is 11.4 Å².